The molecule has 4 nitrogen and oxygen atoms in total. The Balaban J connectivity index is 2.36. The summed E-state index contributed by atoms with van der Waals surface area (Å²) in [6.45, 7) is 5.17. The number of carboxylic acids is 1. The van der Waals surface area contributed by atoms with Crippen molar-refractivity contribution in [3.05, 3.63) is 59.2 Å². The van der Waals surface area contributed by atoms with Crippen molar-refractivity contribution in [2.24, 2.45) is 0 Å². The molecule has 0 aliphatic carbocycles. The molecule has 1 fully saturated rings. The van der Waals surface area contributed by atoms with Crippen molar-refractivity contribution in [2.45, 2.75) is 38.3 Å². The molecule has 1 amide bonds. The fourth-order valence-electron chi connectivity index (χ4n) is 2.99. The summed E-state index contributed by atoms with van der Waals surface area (Å²) in [5.74, 6) is -1.02. The lowest BCUT2D eigenvalue weighted by Crippen LogP contribution is -2.36. The minimum Gasteiger partial charge on any atom is -0.478 e. The maximum atomic E-state index is 12.5. The second kappa shape index (κ2) is 7.47. The first-order valence-corrected chi connectivity index (χ1v) is 7.91. The zero-order valence-corrected chi connectivity index (χ0v) is 13.8. The fourth-order valence-corrected chi connectivity index (χ4v) is 3.19. The van der Waals surface area contributed by atoms with Crippen LogP contribution >= 0.6 is 11.6 Å². The average molecular weight is 334 g/mol. The van der Waals surface area contributed by atoms with Crippen LogP contribution < -0.4 is 0 Å². The van der Waals surface area contributed by atoms with E-state index in [1.165, 1.54) is 0 Å². The number of amides is 1. The molecule has 23 heavy (non-hydrogen) atoms. The summed E-state index contributed by atoms with van der Waals surface area (Å²) in [5, 5.41) is 9.71. The topological polar surface area (TPSA) is 57.6 Å². The fraction of sp³-hybridized carbons (Fsp3) is 0.333. The number of benzene rings is 1. The standard InChI is InChI=1S/C18H20ClNO3/c1-3-5-17(21)20-15(10-12(2)18(22)23)8-9-16(20)13-6-4-7-14(19)11-13/h3-4,6-7,10-11,15-16H,1,5,8-9H2,2H3,(H,22,23)/b12-10+/t15-,16+/m1/s1. The molecule has 2 rings (SSSR count). The van der Waals surface area contributed by atoms with Crippen LogP contribution in [0.5, 0.6) is 0 Å². The Morgan fingerprint density at radius 3 is 2.78 bits per heavy atom. The Morgan fingerprint density at radius 2 is 2.17 bits per heavy atom. The van der Waals surface area contributed by atoms with E-state index in [9.17, 15) is 9.59 Å². The zero-order chi connectivity index (χ0) is 17.0. The number of halogens is 1. The largest absolute Gasteiger partial charge is 0.478 e. The minimum absolute atomic E-state index is 0.0538. The summed E-state index contributed by atoms with van der Waals surface area (Å²) < 4.78 is 0. The molecule has 2 atom stereocenters. The number of carbonyl (C=O) groups excluding carboxylic acids is 1. The van der Waals surface area contributed by atoms with E-state index in [4.69, 9.17) is 16.7 Å². The molecule has 0 aromatic heterocycles. The third-order valence-electron chi connectivity index (χ3n) is 4.05. The molecule has 1 aromatic rings. The maximum absolute atomic E-state index is 12.5. The minimum atomic E-state index is -0.965. The molecule has 0 unspecified atom stereocenters. The van der Waals surface area contributed by atoms with E-state index in [0.717, 1.165) is 18.4 Å². The van der Waals surface area contributed by atoms with Crippen LogP contribution in [-0.4, -0.2) is 27.9 Å². The van der Waals surface area contributed by atoms with Crippen molar-refractivity contribution in [1.29, 1.82) is 0 Å². The monoisotopic (exact) mass is 333 g/mol. The first kappa shape index (κ1) is 17.3. The number of likely N-dealkylation sites (tertiary alicyclic amines) is 1. The third-order valence-corrected chi connectivity index (χ3v) is 4.28. The second-order valence-electron chi connectivity index (χ2n) is 5.66. The summed E-state index contributed by atoms with van der Waals surface area (Å²) in [6.07, 6.45) is 4.96. The van der Waals surface area contributed by atoms with Crippen molar-refractivity contribution in [2.75, 3.05) is 0 Å². The van der Waals surface area contributed by atoms with Gasteiger partial charge < -0.3 is 10.0 Å². The Hall–Kier alpha value is -2.07. The zero-order valence-electron chi connectivity index (χ0n) is 13.0. The number of hydrogen-bond donors (Lipinski definition) is 1. The number of nitrogens with zero attached hydrogens (tertiary/aromatic N) is 1. The number of hydrogen-bond acceptors (Lipinski definition) is 2. The van der Waals surface area contributed by atoms with Gasteiger partial charge in [0.2, 0.25) is 5.91 Å². The molecule has 1 N–H and O–H groups in total. The molecule has 0 bridgehead atoms. The smallest absolute Gasteiger partial charge is 0.331 e. The molecule has 1 aliphatic rings. The maximum Gasteiger partial charge on any atom is 0.331 e. The van der Waals surface area contributed by atoms with Gasteiger partial charge in [0.05, 0.1) is 12.1 Å². The first-order chi connectivity index (χ1) is 10.9. The molecule has 122 valence electrons. The van der Waals surface area contributed by atoms with E-state index in [1.54, 1.807) is 30.0 Å². The second-order valence-corrected chi connectivity index (χ2v) is 6.10. The van der Waals surface area contributed by atoms with Gasteiger partial charge in [-0.25, -0.2) is 4.79 Å². The number of carbonyl (C=O) groups is 2. The normalized spacial score (nSPS) is 21.3. The van der Waals surface area contributed by atoms with Gasteiger partial charge in [-0.15, -0.1) is 6.58 Å². The van der Waals surface area contributed by atoms with Crippen LogP contribution in [0.3, 0.4) is 0 Å². The molecule has 0 spiro atoms. The lowest BCUT2D eigenvalue weighted by atomic mass is 10.0. The van der Waals surface area contributed by atoms with Crippen molar-refractivity contribution in [1.82, 2.24) is 4.90 Å². The Labute approximate surface area is 141 Å². The van der Waals surface area contributed by atoms with Crippen molar-refractivity contribution in [3.8, 4) is 0 Å². The highest BCUT2D eigenvalue weighted by atomic mass is 35.5. The predicted molar refractivity (Wildman–Crippen MR) is 90.3 cm³/mol. The van der Waals surface area contributed by atoms with Crippen LogP contribution in [0, 0.1) is 0 Å². The highest BCUT2D eigenvalue weighted by molar-refractivity contribution is 6.30. The van der Waals surface area contributed by atoms with Gasteiger partial charge in [0.1, 0.15) is 0 Å². The Kier molecular flexibility index (Phi) is 5.61. The van der Waals surface area contributed by atoms with Gasteiger partial charge in [-0.3, -0.25) is 4.79 Å². The molecular weight excluding hydrogens is 314 g/mol. The average Bonchev–Trinajstić information content (AvgIpc) is 2.91. The van der Waals surface area contributed by atoms with Gasteiger partial charge in [0.15, 0.2) is 0 Å². The van der Waals surface area contributed by atoms with Crippen LogP contribution in [0.1, 0.15) is 37.8 Å². The number of carboxylic acid groups (broad SMARTS) is 1. The van der Waals surface area contributed by atoms with E-state index in [0.29, 0.717) is 5.02 Å². The van der Waals surface area contributed by atoms with E-state index in [1.807, 2.05) is 18.2 Å². The van der Waals surface area contributed by atoms with Gasteiger partial charge in [-0.2, -0.15) is 0 Å². The summed E-state index contributed by atoms with van der Waals surface area (Å²) in [5.41, 5.74) is 1.22. The number of rotatable bonds is 5. The molecule has 0 saturated carbocycles. The molecule has 1 saturated heterocycles. The lowest BCUT2D eigenvalue weighted by molar-refractivity contribution is -0.134. The third kappa shape index (κ3) is 4.02. The summed E-state index contributed by atoms with van der Waals surface area (Å²) >= 11 is 6.06. The summed E-state index contributed by atoms with van der Waals surface area (Å²) in [6, 6.07) is 7.14. The van der Waals surface area contributed by atoms with Gasteiger partial charge in [0.25, 0.3) is 0 Å². The molecule has 0 radical (unpaired) electrons. The van der Waals surface area contributed by atoms with E-state index in [2.05, 4.69) is 6.58 Å². The molecule has 5 heteroatoms. The Morgan fingerprint density at radius 1 is 1.43 bits per heavy atom. The van der Waals surface area contributed by atoms with Crippen molar-refractivity contribution in [3.63, 3.8) is 0 Å². The molecule has 1 heterocycles. The van der Waals surface area contributed by atoms with Gasteiger partial charge in [0, 0.05) is 17.0 Å². The SMILES string of the molecule is C=CCC(=O)N1[C@@H](/C=C(\C)C(=O)O)CC[C@H]1c1cccc(Cl)c1. The van der Waals surface area contributed by atoms with Crippen molar-refractivity contribution >= 4 is 23.5 Å². The van der Waals surface area contributed by atoms with E-state index >= 15 is 0 Å². The molecule has 1 aliphatic heterocycles. The van der Waals surface area contributed by atoms with Crippen LogP contribution in [0.15, 0.2) is 48.6 Å². The highest BCUT2D eigenvalue weighted by Gasteiger charge is 2.36. The van der Waals surface area contributed by atoms with Gasteiger partial charge in [-0.1, -0.05) is 35.9 Å². The van der Waals surface area contributed by atoms with E-state index < -0.39 is 5.97 Å². The van der Waals surface area contributed by atoms with Gasteiger partial charge in [-0.05, 0) is 37.5 Å². The summed E-state index contributed by atoms with van der Waals surface area (Å²) in [4.78, 5) is 25.4. The van der Waals surface area contributed by atoms with Gasteiger partial charge >= 0.3 is 5.97 Å². The lowest BCUT2D eigenvalue weighted by Gasteiger charge is -2.29. The first-order valence-electron chi connectivity index (χ1n) is 7.53. The molecule has 1 aromatic carbocycles. The summed E-state index contributed by atoms with van der Waals surface area (Å²) in [7, 11) is 0. The Bertz CT molecular complexity index is 653. The number of aliphatic carboxylic acids is 1. The van der Waals surface area contributed by atoms with Crippen LogP contribution in [0.25, 0.3) is 0 Å². The highest BCUT2D eigenvalue weighted by Crippen LogP contribution is 2.38. The van der Waals surface area contributed by atoms with Crippen molar-refractivity contribution < 1.29 is 14.7 Å². The molecular formula is C18H20ClNO3. The van der Waals surface area contributed by atoms with Crippen LogP contribution in [-0.2, 0) is 9.59 Å². The van der Waals surface area contributed by atoms with Crippen LogP contribution in [0.2, 0.25) is 5.02 Å². The van der Waals surface area contributed by atoms with E-state index in [-0.39, 0.29) is 30.0 Å². The van der Waals surface area contributed by atoms with Crippen LogP contribution in [0.4, 0.5) is 0 Å². The predicted octanol–water partition coefficient (Wildman–Crippen LogP) is 3.98. The quantitative estimate of drug-likeness (QED) is 0.655.